The van der Waals surface area contributed by atoms with Crippen LogP contribution >= 0.6 is 15.9 Å². The molecule has 0 unspecified atom stereocenters. The van der Waals surface area contributed by atoms with Gasteiger partial charge in [0.05, 0.1) is 5.39 Å². The minimum absolute atomic E-state index is 0.153. The van der Waals surface area contributed by atoms with Crippen LogP contribution in [0, 0.1) is 5.21 Å². The molecule has 0 aliphatic carbocycles. The zero-order valence-corrected chi connectivity index (χ0v) is 16.3. The number of benzene rings is 1. The van der Waals surface area contributed by atoms with Crippen LogP contribution in [0.25, 0.3) is 10.9 Å². The third-order valence-electron chi connectivity index (χ3n) is 4.66. The highest BCUT2D eigenvalue weighted by Crippen LogP contribution is 2.33. The van der Waals surface area contributed by atoms with E-state index in [1.807, 2.05) is 12.1 Å². The summed E-state index contributed by atoms with van der Waals surface area (Å²) in [4.78, 5) is 0. The lowest BCUT2D eigenvalue weighted by molar-refractivity contribution is -0.586. The van der Waals surface area contributed by atoms with Gasteiger partial charge in [-0.3, -0.25) is 0 Å². The Morgan fingerprint density at radius 1 is 0.880 bits per heavy atom. The van der Waals surface area contributed by atoms with Crippen molar-refractivity contribution in [1.82, 2.24) is 0 Å². The molecule has 0 fully saturated rings. The lowest BCUT2D eigenvalue weighted by Gasteiger charge is -2.11. The number of rotatable bonds is 11. The Morgan fingerprint density at radius 2 is 1.44 bits per heavy atom. The minimum Gasteiger partial charge on any atom is -0.618 e. The van der Waals surface area contributed by atoms with E-state index in [9.17, 15) is 10.3 Å². The molecule has 0 radical (unpaired) electrons. The molecule has 25 heavy (non-hydrogen) atoms. The first-order valence-corrected chi connectivity index (χ1v) is 10.1. The molecule has 2 aromatic rings. The number of para-hydroxylation sites is 1. The first-order chi connectivity index (χ1) is 12.2. The zero-order valence-electron chi connectivity index (χ0n) is 14.7. The van der Waals surface area contributed by atoms with E-state index < -0.39 is 0 Å². The van der Waals surface area contributed by atoms with Crippen LogP contribution in [0.4, 0.5) is 0 Å². The molecular formula is C20H28BrNO3. The van der Waals surface area contributed by atoms with E-state index in [1.54, 1.807) is 12.1 Å². The maximum atomic E-state index is 12.6. The molecule has 2 N–H and O–H groups in total. The van der Waals surface area contributed by atoms with Crippen molar-refractivity contribution in [2.45, 2.75) is 64.2 Å². The maximum Gasteiger partial charge on any atom is 0.227 e. The predicted octanol–water partition coefficient (Wildman–Crippen LogP) is 4.99. The van der Waals surface area contributed by atoms with Gasteiger partial charge in [-0.25, -0.2) is 0 Å². The molecule has 4 nitrogen and oxygen atoms in total. The number of aliphatic hydroxyl groups excluding tert-OH is 1. The Bertz CT molecular complexity index is 676. The number of fused-ring (bicyclic) bond motifs is 1. The average Bonchev–Trinajstić information content (AvgIpc) is 2.64. The Hall–Kier alpha value is -1.33. The molecule has 1 aromatic heterocycles. The molecule has 138 valence electrons. The normalized spacial score (nSPS) is 11.3. The van der Waals surface area contributed by atoms with E-state index in [-0.39, 0.29) is 5.75 Å². The van der Waals surface area contributed by atoms with Crippen LogP contribution in [-0.2, 0) is 6.42 Å². The van der Waals surface area contributed by atoms with Crippen molar-refractivity contribution in [2.75, 3.05) is 6.61 Å². The van der Waals surface area contributed by atoms with E-state index in [4.69, 9.17) is 5.11 Å². The van der Waals surface area contributed by atoms with Gasteiger partial charge in [-0.2, -0.15) is 4.73 Å². The third kappa shape index (κ3) is 5.58. The molecule has 0 bridgehead atoms. The van der Waals surface area contributed by atoms with Crippen molar-refractivity contribution in [3.8, 4) is 5.75 Å². The van der Waals surface area contributed by atoms with Gasteiger partial charge in [0.1, 0.15) is 10.2 Å². The van der Waals surface area contributed by atoms with Gasteiger partial charge in [-0.1, -0.05) is 57.1 Å². The standard InChI is InChI=1S/C20H28BrNO3/c21-19-18(14-8-6-4-2-1-3-5-7-11-15-23)22(25)17-13-10-9-12-16(17)20(19)24/h9-10,12-13,23-24H,1-8,11,14-15H2. The summed E-state index contributed by atoms with van der Waals surface area (Å²) in [5, 5.41) is 32.2. The molecule has 1 aromatic carbocycles. The molecule has 0 saturated carbocycles. The Balaban J connectivity index is 1.78. The van der Waals surface area contributed by atoms with Crippen molar-refractivity contribution >= 4 is 26.8 Å². The van der Waals surface area contributed by atoms with Gasteiger partial charge in [0.2, 0.25) is 11.2 Å². The number of hydrogen-bond acceptors (Lipinski definition) is 3. The summed E-state index contributed by atoms with van der Waals surface area (Å²) in [6.07, 6.45) is 10.8. The van der Waals surface area contributed by atoms with E-state index in [2.05, 4.69) is 15.9 Å². The van der Waals surface area contributed by atoms with Gasteiger partial charge in [0.25, 0.3) is 0 Å². The second-order valence-electron chi connectivity index (χ2n) is 6.58. The summed E-state index contributed by atoms with van der Waals surface area (Å²) in [7, 11) is 0. The van der Waals surface area contributed by atoms with Gasteiger partial charge in [-0.15, -0.1) is 0 Å². The highest BCUT2D eigenvalue weighted by molar-refractivity contribution is 9.10. The van der Waals surface area contributed by atoms with E-state index >= 15 is 0 Å². The molecule has 0 amide bonds. The second kappa shape index (κ2) is 10.6. The van der Waals surface area contributed by atoms with Crippen LogP contribution in [0.15, 0.2) is 28.7 Å². The number of hydrogen-bond donors (Lipinski definition) is 2. The first-order valence-electron chi connectivity index (χ1n) is 9.29. The lowest BCUT2D eigenvalue weighted by atomic mass is 10.0. The summed E-state index contributed by atoms with van der Waals surface area (Å²) < 4.78 is 1.46. The summed E-state index contributed by atoms with van der Waals surface area (Å²) >= 11 is 3.39. The van der Waals surface area contributed by atoms with Crippen molar-refractivity contribution in [3.63, 3.8) is 0 Å². The van der Waals surface area contributed by atoms with E-state index in [0.717, 1.165) is 30.4 Å². The maximum absolute atomic E-state index is 12.6. The van der Waals surface area contributed by atoms with Gasteiger partial charge in [0, 0.05) is 19.1 Å². The summed E-state index contributed by atoms with van der Waals surface area (Å²) in [6.45, 7) is 0.305. The number of aromatic hydroxyl groups is 1. The van der Waals surface area contributed by atoms with Crippen LogP contribution in [0.1, 0.15) is 63.5 Å². The fourth-order valence-electron chi connectivity index (χ4n) is 3.19. The number of unbranched alkanes of at least 4 members (excludes halogenated alkanes) is 8. The van der Waals surface area contributed by atoms with Crippen LogP contribution in [-0.4, -0.2) is 16.8 Å². The number of halogens is 1. The fourth-order valence-corrected chi connectivity index (χ4v) is 3.77. The topological polar surface area (TPSA) is 67.4 Å². The molecule has 0 atom stereocenters. The van der Waals surface area contributed by atoms with Crippen LogP contribution in [0.3, 0.4) is 0 Å². The Kier molecular flexibility index (Phi) is 8.49. The fraction of sp³-hybridized carbons (Fsp3) is 0.550. The summed E-state index contributed by atoms with van der Waals surface area (Å²) in [5.74, 6) is 0.153. The summed E-state index contributed by atoms with van der Waals surface area (Å²) in [6, 6.07) is 7.13. The van der Waals surface area contributed by atoms with Crippen molar-refractivity contribution < 1.29 is 14.9 Å². The van der Waals surface area contributed by atoms with E-state index in [0.29, 0.717) is 34.1 Å². The molecule has 2 rings (SSSR count). The Labute approximate surface area is 158 Å². The smallest absolute Gasteiger partial charge is 0.227 e. The van der Waals surface area contributed by atoms with Crippen molar-refractivity contribution in [3.05, 3.63) is 39.6 Å². The van der Waals surface area contributed by atoms with Crippen LogP contribution < -0.4 is 4.73 Å². The molecule has 5 heteroatoms. The van der Waals surface area contributed by atoms with Crippen molar-refractivity contribution in [2.24, 2.45) is 0 Å². The first kappa shape index (κ1) is 20.0. The lowest BCUT2D eigenvalue weighted by Crippen LogP contribution is -2.33. The van der Waals surface area contributed by atoms with Crippen molar-refractivity contribution in [1.29, 1.82) is 0 Å². The second-order valence-corrected chi connectivity index (χ2v) is 7.37. The minimum atomic E-state index is 0.153. The molecule has 0 aliphatic rings. The number of nitrogens with zero attached hydrogens (tertiary/aromatic N) is 1. The molecule has 1 heterocycles. The van der Waals surface area contributed by atoms with Gasteiger partial charge < -0.3 is 15.4 Å². The monoisotopic (exact) mass is 409 g/mol. The van der Waals surface area contributed by atoms with Gasteiger partial charge in [-0.05, 0) is 34.8 Å². The SMILES string of the molecule is [O-][n+]1c(CCCCCCCCCCCO)c(Br)c(O)c2ccccc21. The predicted molar refractivity (Wildman–Crippen MR) is 105 cm³/mol. The van der Waals surface area contributed by atoms with Crippen LogP contribution in [0.2, 0.25) is 0 Å². The summed E-state index contributed by atoms with van der Waals surface area (Å²) in [5.41, 5.74) is 1.13. The molecule has 0 saturated heterocycles. The van der Waals surface area contributed by atoms with E-state index in [1.165, 1.54) is 32.1 Å². The third-order valence-corrected chi connectivity index (χ3v) is 5.49. The average molecular weight is 410 g/mol. The van der Waals surface area contributed by atoms with Crippen LogP contribution in [0.5, 0.6) is 5.75 Å². The Morgan fingerprint density at radius 3 is 2.08 bits per heavy atom. The molecular weight excluding hydrogens is 382 g/mol. The number of aromatic nitrogens is 1. The number of pyridine rings is 1. The molecule has 0 spiro atoms. The van der Waals surface area contributed by atoms with Gasteiger partial charge >= 0.3 is 0 Å². The quantitative estimate of drug-likeness (QED) is 0.312. The largest absolute Gasteiger partial charge is 0.618 e. The molecule has 0 aliphatic heterocycles. The zero-order chi connectivity index (χ0) is 18.1. The highest BCUT2D eigenvalue weighted by Gasteiger charge is 2.20. The number of aliphatic hydroxyl groups is 1. The highest BCUT2D eigenvalue weighted by atomic mass is 79.9. The van der Waals surface area contributed by atoms with Gasteiger partial charge in [0.15, 0.2) is 0 Å².